The van der Waals surface area contributed by atoms with Crippen molar-refractivity contribution in [3.8, 4) is 11.5 Å². The monoisotopic (exact) mass is 366 g/mol. The number of benzene rings is 2. The molecule has 0 saturated heterocycles. The summed E-state index contributed by atoms with van der Waals surface area (Å²) in [7, 11) is 0. The Hall–Kier alpha value is -3.87. The van der Waals surface area contributed by atoms with Crippen LogP contribution in [0, 0.1) is 0 Å². The van der Waals surface area contributed by atoms with Gasteiger partial charge in [-0.05, 0) is 47.5 Å². The predicted octanol–water partition coefficient (Wildman–Crippen LogP) is 4.32. The fraction of sp³-hybridized carbons (Fsp3) is 0.235. The van der Waals surface area contributed by atoms with Gasteiger partial charge in [0.1, 0.15) is 22.7 Å². The van der Waals surface area contributed by atoms with Crippen LogP contribution < -0.4 is 14.9 Å². The van der Waals surface area contributed by atoms with Crippen LogP contribution in [0.2, 0.25) is 0 Å². The molecule has 136 valence electrons. The van der Waals surface area contributed by atoms with Crippen LogP contribution in [0.25, 0.3) is 42.8 Å². The Kier molecular flexibility index (Phi) is 5.64. The van der Waals surface area contributed by atoms with Gasteiger partial charge in [-0.15, -0.1) is 0 Å². The molecule has 0 radical (unpaired) electrons. The molecule has 0 saturated carbocycles. The second-order valence-corrected chi connectivity index (χ2v) is 5.35. The average molecular weight is 366 g/mol. The van der Waals surface area contributed by atoms with Crippen LogP contribution in [0.4, 0.5) is 0 Å². The maximum atomic E-state index is 12.8. The summed E-state index contributed by atoms with van der Waals surface area (Å²) in [5.74, 6) is 0.952. The number of nitrogens with zero attached hydrogens (tertiary/aromatic N) is 6. The molecule has 27 heavy (non-hydrogen) atoms. The average Bonchev–Trinajstić information content (AvgIpc) is 2.69. The van der Waals surface area contributed by atoms with Crippen molar-refractivity contribution in [1.82, 2.24) is 0 Å². The Labute approximate surface area is 152 Å². The Morgan fingerprint density at radius 1 is 0.852 bits per heavy atom. The maximum absolute atomic E-state index is 12.8. The minimum absolute atomic E-state index is 0.192. The third kappa shape index (κ3) is 4.21. The Morgan fingerprint density at radius 2 is 1.33 bits per heavy atom. The van der Waals surface area contributed by atoms with Crippen LogP contribution in [-0.2, 0) is 0 Å². The van der Waals surface area contributed by atoms with E-state index < -0.39 is 0 Å². The molecule has 0 fully saturated rings. The van der Waals surface area contributed by atoms with Gasteiger partial charge in [-0.2, -0.15) is 0 Å². The van der Waals surface area contributed by atoms with Crippen LogP contribution in [0.1, 0.15) is 0 Å². The molecule has 3 rings (SSSR count). The lowest BCUT2D eigenvalue weighted by Crippen LogP contribution is -2.05. The number of azide groups is 2. The SMILES string of the molecule is [N-]=[N+]=NCCOc1ccc2oc3ccc(OCCN=[N+]=[N-])cc3c(=O)c2c1. The van der Waals surface area contributed by atoms with Crippen LogP contribution in [0.5, 0.6) is 11.5 Å². The van der Waals surface area contributed by atoms with Gasteiger partial charge in [0.2, 0.25) is 5.43 Å². The third-order valence-corrected chi connectivity index (χ3v) is 3.66. The van der Waals surface area contributed by atoms with Crippen molar-refractivity contribution in [2.45, 2.75) is 0 Å². The third-order valence-electron chi connectivity index (χ3n) is 3.66. The van der Waals surface area contributed by atoms with E-state index in [9.17, 15) is 4.79 Å². The van der Waals surface area contributed by atoms with Crippen LogP contribution in [0.15, 0.2) is 55.8 Å². The molecule has 0 aliphatic carbocycles. The number of hydrogen-bond donors (Lipinski definition) is 0. The normalized spacial score (nSPS) is 10.2. The highest BCUT2D eigenvalue weighted by atomic mass is 16.5. The molecule has 10 heteroatoms. The Balaban J connectivity index is 1.92. The van der Waals surface area contributed by atoms with Gasteiger partial charge in [-0.25, -0.2) is 0 Å². The summed E-state index contributed by atoms with van der Waals surface area (Å²) in [4.78, 5) is 18.1. The fourth-order valence-electron chi connectivity index (χ4n) is 2.49. The second-order valence-electron chi connectivity index (χ2n) is 5.35. The van der Waals surface area contributed by atoms with Crippen LogP contribution >= 0.6 is 0 Å². The molecule has 10 nitrogen and oxygen atoms in total. The number of ether oxygens (including phenoxy) is 2. The van der Waals surface area contributed by atoms with E-state index in [4.69, 9.17) is 25.0 Å². The summed E-state index contributed by atoms with van der Waals surface area (Å²) in [6.45, 7) is 0.796. The van der Waals surface area contributed by atoms with E-state index in [1.165, 1.54) is 0 Å². The van der Waals surface area contributed by atoms with Crippen molar-refractivity contribution in [2.24, 2.45) is 10.2 Å². The van der Waals surface area contributed by atoms with E-state index >= 15 is 0 Å². The van der Waals surface area contributed by atoms with Gasteiger partial charge in [0.25, 0.3) is 0 Å². The zero-order valence-corrected chi connectivity index (χ0v) is 14.1. The number of hydrogen-bond acceptors (Lipinski definition) is 6. The first-order valence-corrected chi connectivity index (χ1v) is 8.01. The highest BCUT2D eigenvalue weighted by Gasteiger charge is 2.10. The number of fused-ring (bicyclic) bond motifs is 2. The van der Waals surface area contributed by atoms with Crippen LogP contribution in [-0.4, -0.2) is 26.3 Å². The van der Waals surface area contributed by atoms with E-state index in [-0.39, 0.29) is 31.7 Å². The summed E-state index contributed by atoms with van der Waals surface area (Å²) in [6.07, 6.45) is 0. The molecular weight excluding hydrogens is 352 g/mol. The first-order chi connectivity index (χ1) is 13.2. The Morgan fingerprint density at radius 3 is 1.78 bits per heavy atom. The Bertz CT molecular complexity index is 1040. The first-order valence-electron chi connectivity index (χ1n) is 8.01. The van der Waals surface area contributed by atoms with Gasteiger partial charge in [-0.1, -0.05) is 10.2 Å². The topological polar surface area (TPSA) is 146 Å². The standard InChI is InChI=1S/C17H14N6O4/c18-22-20-5-7-25-11-1-3-15-13(9-11)17(24)14-10-12(2-4-16(14)27-15)26-8-6-21-23-19/h1-4,9-10H,5-8H2. The summed E-state index contributed by atoms with van der Waals surface area (Å²) in [5.41, 5.74) is 17.2. The van der Waals surface area contributed by atoms with Crippen molar-refractivity contribution in [3.63, 3.8) is 0 Å². The van der Waals surface area contributed by atoms with Gasteiger partial charge in [-0.3, -0.25) is 4.79 Å². The second kappa shape index (κ2) is 8.48. The fourth-order valence-corrected chi connectivity index (χ4v) is 2.49. The van der Waals surface area contributed by atoms with E-state index in [1.54, 1.807) is 36.4 Å². The van der Waals surface area contributed by atoms with Crippen LogP contribution in [0.3, 0.4) is 0 Å². The maximum Gasteiger partial charge on any atom is 0.200 e. The molecule has 2 aromatic carbocycles. The summed E-state index contributed by atoms with van der Waals surface area (Å²) >= 11 is 0. The van der Waals surface area contributed by atoms with Crippen molar-refractivity contribution in [1.29, 1.82) is 0 Å². The molecule has 0 unspecified atom stereocenters. The van der Waals surface area contributed by atoms with E-state index in [0.717, 1.165) is 0 Å². The molecule has 1 aromatic heterocycles. The molecule has 0 spiro atoms. The minimum Gasteiger partial charge on any atom is -0.493 e. The van der Waals surface area contributed by atoms with Gasteiger partial charge in [0.05, 0.1) is 37.1 Å². The quantitative estimate of drug-likeness (QED) is 0.192. The summed E-state index contributed by atoms with van der Waals surface area (Å²) in [5, 5.41) is 7.52. The molecule has 0 amide bonds. The van der Waals surface area contributed by atoms with Crippen molar-refractivity contribution < 1.29 is 13.9 Å². The van der Waals surface area contributed by atoms with Crippen molar-refractivity contribution in [2.75, 3.05) is 26.3 Å². The van der Waals surface area contributed by atoms with Gasteiger partial charge in [0, 0.05) is 9.82 Å². The molecule has 0 atom stereocenters. The molecule has 0 aliphatic rings. The highest BCUT2D eigenvalue weighted by molar-refractivity contribution is 5.90. The molecular formula is C17H14N6O4. The lowest BCUT2D eigenvalue weighted by atomic mass is 10.1. The zero-order chi connectivity index (χ0) is 19.1. The molecule has 3 aromatic rings. The summed E-state index contributed by atoms with van der Waals surface area (Å²) in [6, 6.07) is 9.85. The lowest BCUT2D eigenvalue weighted by molar-refractivity contribution is 0.328. The first kappa shape index (κ1) is 17.9. The van der Waals surface area contributed by atoms with Gasteiger partial charge < -0.3 is 13.9 Å². The predicted molar refractivity (Wildman–Crippen MR) is 99.0 cm³/mol. The van der Waals surface area contributed by atoms with E-state index in [2.05, 4.69) is 20.1 Å². The van der Waals surface area contributed by atoms with Crippen molar-refractivity contribution in [3.05, 3.63) is 67.5 Å². The van der Waals surface area contributed by atoms with E-state index in [1.807, 2.05) is 0 Å². The molecule has 0 N–H and O–H groups in total. The smallest absolute Gasteiger partial charge is 0.200 e. The minimum atomic E-state index is -0.216. The highest BCUT2D eigenvalue weighted by Crippen LogP contribution is 2.25. The van der Waals surface area contributed by atoms with Crippen molar-refractivity contribution >= 4 is 21.9 Å². The molecule has 0 aliphatic heterocycles. The zero-order valence-electron chi connectivity index (χ0n) is 14.1. The molecule has 1 heterocycles. The molecule has 0 bridgehead atoms. The van der Waals surface area contributed by atoms with Gasteiger partial charge >= 0.3 is 0 Å². The lowest BCUT2D eigenvalue weighted by Gasteiger charge is -2.08. The largest absolute Gasteiger partial charge is 0.493 e. The van der Waals surface area contributed by atoms with Gasteiger partial charge in [0.15, 0.2) is 0 Å². The van der Waals surface area contributed by atoms with E-state index in [0.29, 0.717) is 33.4 Å². The number of rotatable bonds is 8. The summed E-state index contributed by atoms with van der Waals surface area (Å²) < 4.78 is 16.7.